The molecule has 0 saturated heterocycles. The van der Waals surface area contributed by atoms with Gasteiger partial charge in [0.2, 0.25) is 5.95 Å². The Bertz CT molecular complexity index is 1050. The fraction of sp³-hybridized carbons (Fsp3) is 0.0625. The Morgan fingerprint density at radius 3 is 2.72 bits per heavy atom. The summed E-state index contributed by atoms with van der Waals surface area (Å²) in [5.41, 5.74) is 6.23. The number of thiazole rings is 1. The van der Waals surface area contributed by atoms with Gasteiger partial charge in [0.25, 0.3) is 0 Å². The van der Waals surface area contributed by atoms with E-state index in [0.717, 1.165) is 10.6 Å². The maximum atomic E-state index is 13.3. The van der Waals surface area contributed by atoms with Crippen LogP contribution < -0.4 is 5.73 Å². The summed E-state index contributed by atoms with van der Waals surface area (Å²) in [4.78, 5) is 14.5. The summed E-state index contributed by atoms with van der Waals surface area (Å²) < 4.78 is 39.9. The first kappa shape index (κ1) is 15.6. The van der Waals surface area contributed by atoms with Crippen LogP contribution in [0.4, 0.5) is 19.1 Å². The van der Waals surface area contributed by atoms with Gasteiger partial charge >= 0.3 is 6.18 Å². The van der Waals surface area contributed by atoms with E-state index in [2.05, 4.69) is 19.9 Å². The molecule has 3 N–H and O–H groups in total. The molecule has 4 aromatic rings. The molecule has 126 valence electrons. The predicted molar refractivity (Wildman–Crippen MR) is 89.8 cm³/mol. The third-order valence-electron chi connectivity index (χ3n) is 3.73. The van der Waals surface area contributed by atoms with Crippen LogP contribution in [0.25, 0.3) is 32.7 Å². The number of H-pyrrole nitrogens is 1. The van der Waals surface area contributed by atoms with Crippen LogP contribution in [0.3, 0.4) is 0 Å². The highest BCUT2D eigenvalue weighted by molar-refractivity contribution is 7.13. The maximum absolute atomic E-state index is 13.3. The van der Waals surface area contributed by atoms with E-state index in [1.165, 1.54) is 17.5 Å². The molecule has 0 saturated carbocycles. The van der Waals surface area contributed by atoms with Crippen LogP contribution in [0.1, 0.15) is 5.56 Å². The number of rotatable bonds is 2. The van der Waals surface area contributed by atoms with Crippen molar-refractivity contribution < 1.29 is 13.2 Å². The van der Waals surface area contributed by atoms with Gasteiger partial charge in [0.15, 0.2) is 0 Å². The smallest absolute Gasteiger partial charge is 0.368 e. The Morgan fingerprint density at radius 2 is 2.00 bits per heavy atom. The van der Waals surface area contributed by atoms with Crippen LogP contribution in [0, 0.1) is 0 Å². The molecule has 5 nitrogen and oxygen atoms in total. The highest BCUT2D eigenvalue weighted by Gasteiger charge is 2.36. The van der Waals surface area contributed by atoms with E-state index in [9.17, 15) is 13.2 Å². The second kappa shape index (κ2) is 5.55. The van der Waals surface area contributed by atoms with Crippen LogP contribution in [0.2, 0.25) is 0 Å². The van der Waals surface area contributed by atoms with E-state index < -0.39 is 11.7 Å². The van der Waals surface area contributed by atoms with E-state index in [1.54, 1.807) is 12.3 Å². The van der Waals surface area contributed by atoms with Crippen molar-refractivity contribution in [1.29, 1.82) is 0 Å². The van der Waals surface area contributed by atoms with Crippen molar-refractivity contribution in [3.05, 3.63) is 47.7 Å². The summed E-state index contributed by atoms with van der Waals surface area (Å²) >= 11 is 1.48. The summed E-state index contributed by atoms with van der Waals surface area (Å²) in [6, 6.07) is 5.40. The molecule has 0 radical (unpaired) electrons. The molecular formula is C16H10F3N5S. The lowest BCUT2D eigenvalue weighted by molar-refractivity contribution is -0.137. The minimum absolute atomic E-state index is 0.211. The van der Waals surface area contributed by atoms with Gasteiger partial charge in [-0.2, -0.15) is 13.2 Å². The highest BCUT2D eigenvalue weighted by Crippen LogP contribution is 2.39. The molecule has 0 unspecified atom stereocenters. The number of alkyl halides is 3. The molecular weight excluding hydrogens is 351 g/mol. The van der Waals surface area contributed by atoms with Gasteiger partial charge in [-0.15, -0.1) is 11.3 Å². The summed E-state index contributed by atoms with van der Waals surface area (Å²) in [7, 11) is 0. The predicted octanol–water partition coefficient (Wildman–Crippen LogP) is 4.35. The van der Waals surface area contributed by atoms with Crippen molar-refractivity contribution in [2.45, 2.75) is 6.18 Å². The van der Waals surface area contributed by atoms with E-state index in [1.807, 2.05) is 17.5 Å². The summed E-state index contributed by atoms with van der Waals surface area (Å²) in [5, 5.41) is 3.31. The number of hydrogen-bond donors (Lipinski definition) is 2. The number of aromatic amines is 1. The standard InChI is InChI=1S/C16H10F3N5S/c17-16(18,19)11-7-23-15(20)24-13(11)10-6-22-12-5-8(1-2-9(10)12)14-21-3-4-25-14/h1-7,22H,(H2,20,23,24). The highest BCUT2D eigenvalue weighted by atomic mass is 32.1. The number of anilines is 1. The van der Waals surface area contributed by atoms with Crippen molar-refractivity contribution in [2.75, 3.05) is 5.73 Å². The largest absolute Gasteiger partial charge is 0.419 e. The third-order valence-corrected chi connectivity index (χ3v) is 4.55. The van der Waals surface area contributed by atoms with Crippen molar-refractivity contribution in [2.24, 2.45) is 0 Å². The Balaban J connectivity index is 1.90. The van der Waals surface area contributed by atoms with Gasteiger partial charge in [0, 0.05) is 46.0 Å². The molecule has 1 aromatic carbocycles. The minimum atomic E-state index is -4.58. The second-order valence-electron chi connectivity index (χ2n) is 5.29. The van der Waals surface area contributed by atoms with Crippen molar-refractivity contribution in [3.8, 4) is 21.8 Å². The number of nitrogens with zero attached hydrogens (tertiary/aromatic N) is 3. The summed E-state index contributed by atoms with van der Waals surface area (Å²) in [5.74, 6) is -0.211. The SMILES string of the molecule is Nc1ncc(C(F)(F)F)c(-c2c[nH]c3cc(-c4nccs4)ccc23)n1. The molecule has 0 amide bonds. The molecule has 4 rings (SSSR count). The van der Waals surface area contributed by atoms with Crippen LogP contribution in [-0.4, -0.2) is 19.9 Å². The van der Waals surface area contributed by atoms with Gasteiger partial charge in [-0.1, -0.05) is 12.1 Å². The molecule has 9 heteroatoms. The first-order valence-corrected chi connectivity index (χ1v) is 8.02. The average Bonchev–Trinajstić information content (AvgIpc) is 3.22. The van der Waals surface area contributed by atoms with Crippen molar-refractivity contribution in [3.63, 3.8) is 0 Å². The molecule has 0 spiro atoms. The number of fused-ring (bicyclic) bond motifs is 1. The lowest BCUT2D eigenvalue weighted by Crippen LogP contribution is -2.10. The van der Waals surface area contributed by atoms with Crippen LogP contribution in [-0.2, 0) is 6.18 Å². The van der Waals surface area contributed by atoms with Gasteiger partial charge in [0.1, 0.15) is 10.6 Å². The maximum Gasteiger partial charge on any atom is 0.419 e. The van der Waals surface area contributed by atoms with Crippen LogP contribution in [0.5, 0.6) is 0 Å². The van der Waals surface area contributed by atoms with Gasteiger partial charge in [-0.3, -0.25) is 0 Å². The average molecular weight is 361 g/mol. The minimum Gasteiger partial charge on any atom is -0.368 e. The molecule has 0 fully saturated rings. The molecule has 0 atom stereocenters. The molecule has 0 aliphatic carbocycles. The zero-order valence-corrected chi connectivity index (χ0v) is 13.3. The Hall–Kier alpha value is -2.94. The van der Waals surface area contributed by atoms with E-state index in [-0.39, 0.29) is 11.6 Å². The number of benzene rings is 1. The van der Waals surface area contributed by atoms with Gasteiger partial charge in [-0.05, 0) is 6.07 Å². The lowest BCUT2D eigenvalue weighted by atomic mass is 10.0. The van der Waals surface area contributed by atoms with E-state index >= 15 is 0 Å². The number of halogens is 3. The first-order valence-electron chi connectivity index (χ1n) is 7.14. The number of nitrogens with one attached hydrogen (secondary N) is 1. The molecule has 0 bridgehead atoms. The Kier molecular flexibility index (Phi) is 3.46. The number of nitrogen functional groups attached to an aromatic ring is 1. The monoisotopic (exact) mass is 361 g/mol. The van der Waals surface area contributed by atoms with Crippen molar-refractivity contribution in [1.82, 2.24) is 19.9 Å². The summed E-state index contributed by atoms with van der Waals surface area (Å²) in [6.45, 7) is 0. The fourth-order valence-electron chi connectivity index (χ4n) is 2.63. The molecule has 0 aliphatic heterocycles. The number of hydrogen-bond acceptors (Lipinski definition) is 5. The van der Waals surface area contributed by atoms with E-state index in [0.29, 0.717) is 22.7 Å². The van der Waals surface area contributed by atoms with E-state index in [4.69, 9.17) is 5.73 Å². The second-order valence-corrected chi connectivity index (χ2v) is 6.18. The zero-order valence-electron chi connectivity index (χ0n) is 12.5. The van der Waals surface area contributed by atoms with Gasteiger partial charge < -0.3 is 10.7 Å². The lowest BCUT2D eigenvalue weighted by Gasteiger charge is -2.11. The molecule has 3 aromatic heterocycles. The van der Waals surface area contributed by atoms with Gasteiger partial charge in [0.05, 0.1) is 5.69 Å². The summed E-state index contributed by atoms with van der Waals surface area (Å²) in [6.07, 6.45) is -0.676. The number of aromatic nitrogens is 4. The van der Waals surface area contributed by atoms with Gasteiger partial charge in [-0.25, -0.2) is 15.0 Å². The normalized spacial score (nSPS) is 12.0. The molecule has 3 heterocycles. The van der Waals surface area contributed by atoms with Crippen molar-refractivity contribution >= 4 is 28.2 Å². The molecule has 25 heavy (non-hydrogen) atoms. The zero-order chi connectivity index (χ0) is 17.6. The number of nitrogens with two attached hydrogens (primary N) is 1. The Labute approximate surface area is 143 Å². The quantitative estimate of drug-likeness (QED) is 0.556. The van der Waals surface area contributed by atoms with Crippen LogP contribution >= 0.6 is 11.3 Å². The fourth-order valence-corrected chi connectivity index (χ4v) is 3.26. The third kappa shape index (κ3) is 2.72. The Morgan fingerprint density at radius 1 is 1.16 bits per heavy atom. The van der Waals surface area contributed by atoms with Crippen LogP contribution in [0.15, 0.2) is 42.2 Å². The first-order chi connectivity index (χ1) is 11.9. The molecule has 0 aliphatic rings. The topological polar surface area (TPSA) is 80.5 Å².